The predicted molar refractivity (Wildman–Crippen MR) is 112 cm³/mol. The molecule has 2 heterocycles. The summed E-state index contributed by atoms with van der Waals surface area (Å²) in [6.45, 7) is 6.50. The third kappa shape index (κ3) is 3.24. The summed E-state index contributed by atoms with van der Waals surface area (Å²) in [7, 11) is 5.23. The zero-order valence-corrected chi connectivity index (χ0v) is 17.7. The van der Waals surface area contributed by atoms with Crippen molar-refractivity contribution in [3.8, 4) is 17.2 Å². The lowest BCUT2D eigenvalue weighted by Gasteiger charge is -2.42. The van der Waals surface area contributed by atoms with Gasteiger partial charge in [0.25, 0.3) is 0 Å². The van der Waals surface area contributed by atoms with Gasteiger partial charge in [0, 0.05) is 24.7 Å². The topological polar surface area (TPSA) is 30.9 Å². The van der Waals surface area contributed by atoms with Crippen molar-refractivity contribution in [3.05, 3.63) is 52.1 Å². The van der Waals surface area contributed by atoms with E-state index in [0.717, 1.165) is 49.6 Å². The molecule has 0 fully saturated rings. The maximum atomic E-state index is 5.72. The molecule has 1 atom stereocenters. The minimum atomic E-state index is 0.422. The lowest BCUT2D eigenvalue weighted by molar-refractivity contribution is 0.157. The van der Waals surface area contributed by atoms with Gasteiger partial charge in [-0.3, -0.25) is 4.90 Å². The van der Waals surface area contributed by atoms with Crippen LogP contribution in [-0.2, 0) is 25.8 Å². The Bertz CT molecular complexity index is 875. The van der Waals surface area contributed by atoms with E-state index in [1.54, 1.807) is 21.3 Å². The third-order valence-electron chi connectivity index (χ3n) is 6.16. The van der Waals surface area contributed by atoms with Crippen molar-refractivity contribution in [2.45, 2.75) is 45.7 Å². The van der Waals surface area contributed by atoms with Gasteiger partial charge in [-0.2, -0.15) is 0 Å². The Morgan fingerprint density at radius 2 is 1.79 bits per heavy atom. The van der Waals surface area contributed by atoms with Crippen molar-refractivity contribution in [2.24, 2.45) is 5.92 Å². The van der Waals surface area contributed by atoms with E-state index in [4.69, 9.17) is 14.2 Å². The van der Waals surface area contributed by atoms with Gasteiger partial charge in [-0.05, 0) is 59.6 Å². The summed E-state index contributed by atoms with van der Waals surface area (Å²) in [6, 6.07) is 9.37. The fourth-order valence-electron chi connectivity index (χ4n) is 4.85. The summed E-state index contributed by atoms with van der Waals surface area (Å²) in [5, 5.41) is 0. The Hall–Kier alpha value is -2.20. The van der Waals surface area contributed by atoms with Crippen LogP contribution in [0.25, 0.3) is 0 Å². The van der Waals surface area contributed by atoms with Crippen LogP contribution in [0.1, 0.15) is 47.7 Å². The van der Waals surface area contributed by atoms with Crippen LogP contribution in [0, 0.1) is 5.92 Å². The average molecular weight is 382 g/mol. The Morgan fingerprint density at radius 3 is 2.46 bits per heavy atom. The van der Waals surface area contributed by atoms with Gasteiger partial charge in [-0.1, -0.05) is 26.0 Å². The van der Waals surface area contributed by atoms with Crippen LogP contribution in [0.5, 0.6) is 17.2 Å². The molecular formula is C24H31NO3. The molecule has 2 aliphatic rings. The van der Waals surface area contributed by atoms with Crippen molar-refractivity contribution in [1.82, 2.24) is 4.90 Å². The highest BCUT2D eigenvalue weighted by Gasteiger charge is 2.34. The molecule has 28 heavy (non-hydrogen) atoms. The number of ether oxygens (including phenoxy) is 3. The minimum absolute atomic E-state index is 0.422. The van der Waals surface area contributed by atoms with Crippen molar-refractivity contribution in [2.75, 3.05) is 27.9 Å². The third-order valence-corrected chi connectivity index (χ3v) is 6.16. The van der Waals surface area contributed by atoms with E-state index in [9.17, 15) is 0 Å². The SMILES string of the molecule is COc1cc2c(cc1CC(C)C)C1Cc3ccc(OC)c(OC)c3CN1CC2. The Kier molecular flexibility index (Phi) is 5.24. The first-order valence-electron chi connectivity index (χ1n) is 10.2. The molecule has 0 saturated heterocycles. The Labute approximate surface area is 168 Å². The zero-order chi connectivity index (χ0) is 19.8. The first kappa shape index (κ1) is 19.1. The molecule has 1 unspecified atom stereocenters. The number of rotatable bonds is 5. The van der Waals surface area contributed by atoms with Crippen LogP contribution in [0.2, 0.25) is 0 Å². The standard InChI is InChI=1S/C24H31NO3/c1-15(2)10-18-11-19-17(13-23(18)27-4)8-9-25-14-20-16(12-21(19)25)6-7-22(26-3)24(20)28-5/h6-7,11,13,15,21H,8-10,12,14H2,1-5H3. The van der Waals surface area contributed by atoms with Crippen LogP contribution in [0.15, 0.2) is 24.3 Å². The van der Waals surface area contributed by atoms with Crippen LogP contribution in [0.3, 0.4) is 0 Å². The normalized spacial score (nSPS) is 18.3. The summed E-state index contributed by atoms with van der Waals surface area (Å²) in [5.41, 5.74) is 6.89. The molecule has 0 aliphatic carbocycles. The van der Waals surface area contributed by atoms with E-state index < -0.39 is 0 Å². The van der Waals surface area contributed by atoms with Crippen LogP contribution in [0.4, 0.5) is 0 Å². The number of hydrogen-bond donors (Lipinski definition) is 0. The van der Waals surface area contributed by atoms with Gasteiger partial charge in [0.05, 0.1) is 21.3 Å². The van der Waals surface area contributed by atoms with Gasteiger partial charge in [0.1, 0.15) is 5.75 Å². The van der Waals surface area contributed by atoms with E-state index in [0.29, 0.717) is 12.0 Å². The van der Waals surface area contributed by atoms with Gasteiger partial charge in [-0.15, -0.1) is 0 Å². The highest BCUT2D eigenvalue weighted by Crippen LogP contribution is 2.44. The highest BCUT2D eigenvalue weighted by atomic mass is 16.5. The fraction of sp³-hybridized carbons (Fsp3) is 0.500. The number of methoxy groups -OCH3 is 3. The van der Waals surface area contributed by atoms with E-state index in [-0.39, 0.29) is 0 Å². The van der Waals surface area contributed by atoms with Crippen molar-refractivity contribution < 1.29 is 14.2 Å². The molecule has 0 N–H and O–H groups in total. The van der Waals surface area contributed by atoms with E-state index >= 15 is 0 Å². The molecule has 2 aromatic rings. The van der Waals surface area contributed by atoms with Crippen LogP contribution >= 0.6 is 0 Å². The number of fused-ring (bicyclic) bond motifs is 4. The summed E-state index contributed by atoms with van der Waals surface area (Å²) >= 11 is 0. The second-order valence-corrected chi connectivity index (χ2v) is 8.34. The number of nitrogens with zero attached hydrogens (tertiary/aromatic N) is 1. The largest absolute Gasteiger partial charge is 0.496 e. The first-order valence-corrected chi connectivity index (χ1v) is 10.2. The molecule has 150 valence electrons. The Morgan fingerprint density at radius 1 is 1.00 bits per heavy atom. The van der Waals surface area contributed by atoms with Gasteiger partial charge in [-0.25, -0.2) is 0 Å². The molecule has 4 heteroatoms. The molecular weight excluding hydrogens is 350 g/mol. The lowest BCUT2D eigenvalue weighted by Crippen LogP contribution is -2.39. The predicted octanol–water partition coefficient (Wildman–Crippen LogP) is 4.57. The molecule has 2 aliphatic heterocycles. The summed E-state index contributed by atoms with van der Waals surface area (Å²) < 4.78 is 16.9. The second-order valence-electron chi connectivity index (χ2n) is 8.34. The maximum Gasteiger partial charge on any atom is 0.165 e. The van der Waals surface area contributed by atoms with Crippen molar-refractivity contribution in [3.63, 3.8) is 0 Å². The molecule has 2 aromatic carbocycles. The molecule has 0 amide bonds. The first-order chi connectivity index (χ1) is 13.5. The molecule has 0 spiro atoms. The highest BCUT2D eigenvalue weighted by molar-refractivity contribution is 5.53. The summed E-state index contributed by atoms with van der Waals surface area (Å²) in [6.07, 6.45) is 3.12. The number of hydrogen-bond acceptors (Lipinski definition) is 4. The maximum absolute atomic E-state index is 5.72. The monoisotopic (exact) mass is 381 g/mol. The molecule has 0 bridgehead atoms. The van der Waals surface area contributed by atoms with Gasteiger partial charge in [0.15, 0.2) is 11.5 Å². The summed E-state index contributed by atoms with van der Waals surface area (Å²) in [5.74, 6) is 3.36. The van der Waals surface area contributed by atoms with E-state index in [2.05, 4.69) is 36.9 Å². The number of benzene rings is 2. The van der Waals surface area contributed by atoms with Crippen LogP contribution in [-0.4, -0.2) is 32.8 Å². The molecule has 0 radical (unpaired) electrons. The lowest BCUT2D eigenvalue weighted by atomic mass is 9.82. The molecule has 0 saturated carbocycles. The average Bonchev–Trinajstić information content (AvgIpc) is 2.70. The van der Waals surface area contributed by atoms with E-state index in [1.807, 2.05) is 6.07 Å². The molecule has 4 nitrogen and oxygen atoms in total. The van der Waals surface area contributed by atoms with Crippen molar-refractivity contribution in [1.29, 1.82) is 0 Å². The smallest absolute Gasteiger partial charge is 0.165 e. The van der Waals surface area contributed by atoms with Gasteiger partial charge < -0.3 is 14.2 Å². The van der Waals surface area contributed by atoms with Gasteiger partial charge in [0.2, 0.25) is 0 Å². The molecule has 0 aromatic heterocycles. The molecule has 4 rings (SSSR count). The van der Waals surface area contributed by atoms with Crippen molar-refractivity contribution >= 4 is 0 Å². The minimum Gasteiger partial charge on any atom is -0.496 e. The fourth-order valence-corrected chi connectivity index (χ4v) is 4.85. The quantitative estimate of drug-likeness (QED) is 0.759. The Balaban J connectivity index is 1.74. The van der Waals surface area contributed by atoms with Gasteiger partial charge >= 0.3 is 0 Å². The summed E-state index contributed by atoms with van der Waals surface area (Å²) in [4.78, 5) is 2.60. The van der Waals surface area contributed by atoms with E-state index in [1.165, 1.54) is 27.8 Å². The second kappa shape index (κ2) is 7.67. The van der Waals surface area contributed by atoms with Crippen LogP contribution < -0.4 is 14.2 Å². The zero-order valence-electron chi connectivity index (χ0n) is 17.7.